The minimum absolute atomic E-state index is 0.125. The summed E-state index contributed by atoms with van der Waals surface area (Å²) in [6, 6.07) is 16.3. The fraction of sp³-hybridized carbons (Fsp3) is 0.0833. The predicted octanol–water partition coefficient (Wildman–Crippen LogP) is 6.87. The van der Waals surface area contributed by atoms with Crippen LogP contribution in [0.4, 0.5) is 0 Å². The van der Waals surface area contributed by atoms with Gasteiger partial charge < -0.3 is 5.21 Å². The molecule has 0 aliphatic heterocycles. The highest BCUT2D eigenvalue weighted by Gasteiger charge is 2.34. The number of fused-ring (bicyclic) bond motifs is 1. The van der Waals surface area contributed by atoms with Crippen LogP contribution in [0.15, 0.2) is 72.0 Å². The Kier molecular flexibility index (Phi) is 6.05. The smallest absolute Gasteiger partial charge is 0.230 e. The quantitative estimate of drug-likeness (QED) is 0.165. The monoisotopic (exact) mass is 645 g/mol. The van der Waals surface area contributed by atoms with Gasteiger partial charge in [-0.15, -0.1) is 34.0 Å². The van der Waals surface area contributed by atoms with Gasteiger partial charge in [0.1, 0.15) is 11.0 Å². The van der Waals surface area contributed by atoms with E-state index >= 15 is 0 Å². The van der Waals surface area contributed by atoms with E-state index in [9.17, 15) is 5.21 Å². The van der Waals surface area contributed by atoms with Gasteiger partial charge in [0.2, 0.25) is 5.71 Å². The minimum Gasteiger partial charge on any atom is -0.410 e. The molecule has 4 heterocycles. The second-order valence-corrected chi connectivity index (χ2v) is 13.9. The molecular weight excluding hydrogens is 632 g/mol. The molecule has 4 aromatic heterocycles. The number of nitrogens with zero attached hydrogens (tertiary/aromatic N) is 3. The zero-order valence-electron chi connectivity index (χ0n) is 17.7. The van der Waals surface area contributed by atoms with Crippen LogP contribution in [-0.4, -0.2) is 26.9 Å². The Bertz CT molecular complexity index is 1660. The molecule has 0 saturated carbocycles. The number of hydrogen-bond acceptors (Lipinski definition) is 8. The van der Waals surface area contributed by atoms with E-state index in [4.69, 9.17) is 10.0 Å². The summed E-state index contributed by atoms with van der Waals surface area (Å²) in [5, 5.41) is 28.4. The summed E-state index contributed by atoms with van der Waals surface area (Å²) in [5.74, 6) is -0.125. The van der Waals surface area contributed by atoms with Crippen LogP contribution >= 0.6 is 65.9 Å². The van der Waals surface area contributed by atoms with Crippen LogP contribution in [0.25, 0.3) is 37.5 Å². The molecule has 6 rings (SSSR count). The van der Waals surface area contributed by atoms with Crippen molar-refractivity contribution < 1.29 is 15.2 Å². The van der Waals surface area contributed by atoms with Gasteiger partial charge in [0.25, 0.3) is 0 Å². The SMILES string of the molecule is [NH2+]=C1C(c2ccc(Br)s2)=CCC(c2ccc(-c3ccc(-c4ccc(Br)s4)c4nonc34)s2)/C1=N/O. The van der Waals surface area contributed by atoms with Crippen molar-refractivity contribution in [2.24, 2.45) is 5.16 Å². The van der Waals surface area contributed by atoms with Crippen LogP contribution in [0.2, 0.25) is 0 Å². The summed E-state index contributed by atoms with van der Waals surface area (Å²) in [6.45, 7) is 0. The third-order valence-electron chi connectivity index (χ3n) is 5.89. The molecule has 1 unspecified atom stereocenters. The second kappa shape index (κ2) is 9.21. The molecule has 1 aliphatic carbocycles. The van der Waals surface area contributed by atoms with Gasteiger partial charge in [-0.2, -0.15) is 0 Å². The van der Waals surface area contributed by atoms with Gasteiger partial charge >= 0.3 is 0 Å². The second-order valence-electron chi connectivity index (χ2n) is 7.84. The fourth-order valence-corrected chi connectivity index (χ4v) is 8.26. The first-order valence-corrected chi connectivity index (χ1v) is 14.5. The third-order valence-corrected chi connectivity index (χ3v) is 10.4. The predicted molar refractivity (Wildman–Crippen MR) is 150 cm³/mol. The van der Waals surface area contributed by atoms with Crippen molar-refractivity contribution in [2.45, 2.75) is 12.3 Å². The Balaban J connectivity index is 1.36. The molecule has 1 atom stereocenters. The van der Waals surface area contributed by atoms with Crippen molar-refractivity contribution in [3.05, 3.63) is 71.9 Å². The maximum absolute atomic E-state index is 9.87. The summed E-state index contributed by atoms with van der Waals surface area (Å²) in [5.41, 5.74) is 5.29. The number of benzene rings is 1. The van der Waals surface area contributed by atoms with E-state index in [-0.39, 0.29) is 5.92 Å². The van der Waals surface area contributed by atoms with Crippen LogP contribution in [0.5, 0.6) is 0 Å². The molecule has 35 heavy (non-hydrogen) atoms. The van der Waals surface area contributed by atoms with E-state index in [2.05, 4.69) is 83.7 Å². The van der Waals surface area contributed by atoms with Crippen molar-refractivity contribution in [3.8, 4) is 20.9 Å². The van der Waals surface area contributed by atoms with Crippen LogP contribution < -0.4 is 5.41 Å². The average molecular weight is 647 g/mol. The molecule has 0 radical (unpaired) electrons. The Morgan fingerprint density at radius 3 is 2.06 bits per heavy atom. The molecule has 3 N–H and O–H groups in total. The standard InChI is InChI=1S/C24H14Br2N4O2S3/c25-19-9-7-15(34-19)11-1-2-12(22(28-31)21(11)27)16-5-6-17(33-16)13-3-4-14(18-8-10-20(26)35-18)24-23(13)29-32-30-24/h1,3-10,12,27,31H,2H2/p+1/b27-21?,28-22-. The molecular formula is C24H15Br2N4O2S3+. The van der Waals surface area contributed by atoms with Crippen LogP contribution in [0.3, 0.4) is 0 Å². The number of halogens is 2. The van der Waals surface area contributed by atoms with Gasteiger partial charge in [-0.1, -0.05) is 23.4 Å². The van der Waals surface area contributed by atoms with Crippen molar-refractivity contribution >= 4 is 93.9 Å². The molecule has 0 fully saturated rings. The number of oxime groups is 1. The Labute approximate surface area is 228 Å². The first-order valence-electron chi connectivity index (χ1n) is 10.5. The number of thiophene rings is 3. The van der Waals surface area contributed by atoms with E-state index in [1.54, 1.807) is 34.0 Å². The van der Waals surface area contributed by atoms with Crippen molar-refractivity contribution in [2.75, 3.05) is 0 Å². The molecule has 11 heteroatoms. The van der Waals surface area contributed by atoms with Gasteiger partial charge in [-0.25, -0.2) is 4.63 Å². The highest BCUT2D eigenvalue weighted by molar-refractivity contribution is 9.11. The Hall–Kier alpha value is -2.44. The lowest BCUT2D eigenvalue weighted by Gasteiger charge is -2.19. The highest BCUT2D eigenvalue weighted by atomic mass is 79.9. The van der Waals surface area contributed by atoms with Crippen molar-refractivity contribution in [1.29, 1.82) is 0 Å². The highest BCUT2D eigenvalue weighted by Crippen LogP contribution is 2.42. The molecule has 6 nitrogen and oxygen atoms in total. The van der Waals surface area contributed by atoms with Crippen LogP contribution in [-0.2, 0) is 0 Å². The van der Waals surface area contributed by atoms with E-state index in [0.29, 0.717) is 17.8 Å². The van der Waals surface area contributed by atoms with Crippen molar-refractivity contribution in [1.82, 2.24) is 10.3 Å². The number of hydrogen-bond donors (Lipinski definition) is 2. The van der Waals surface area contributed by atoms with E-state index in [0.717, 1.165) is 54.8 Å². The molecule has 0 spiro atoms. The zero-order chi connectivity index (χ0) is 24.1. The molecule has 5 aromatic rings. The fourth-order valence-electron chi connectivity index (χ4n) is 4.26. The minimum atomic E-state index is -0.125. The third kappa shape index (κ3) is 4.05. The summed E-state index contributed by atoms with van der Waals surface area (Å²) in [4.78, 5) is 4.23. The van der Waals surface area contributed by atoms with E-state index in [1.165, 1.54) is 0 Å². The van der Waals surface area contributed by atoms with Gasteiger partial charge in [-0.3, -0.25) is 5.41 Å². The number of aromatic nitrogens is 2. The van der Waals surface area contributed by atoms with Gasteiger partial charge in [0.05, 0.1) is 13.1 Å². The largest absolute Gasteiger partial charge is 0.410 e. The van der Waals surface area contributed by atoms with E-state index < -0.39 is 0 Å². The normalized spacial score (nSPS) is 17.4. The summed E-state index contributed by atoms with van der Waals surface area (Å²) >= 11 is 11.9. The molecule has 174 valence electrons. The molecule has 1 aromatic carbocycles. The lowest BCUT2D eigenvalue weighted by atomic mass is 9.84. The summed E-state index contributed by atoms with van der Waals surface area (Å²) in [7, 11) is 0. The lowest BCUT2D eigenvalue weighted by Crippen LogP contribution is -2.48. The maximum atomic E-state index is 9.87. The summed E-state index contributed by atoms with van der Waals surface area (Å²) in [6.07, 6.45) is 2.82. The zero-order valence-corrected chi connectivity index (χ0v) is 23.4. The molecule has 0 saturated heterocycles. The number of nitrogens with two attached hydrogens (primary N) is 1. The molecule has 0 amide bonds. The van der Waals surface area contributed by atoms with Gasteiger partial charge in [-0.05, 0) is 85.0 Å². The van der Waals surface area contributed by atoms with Crippen molar-refractivity contribution in [3.63, 3.8) is 0 Å². The van der Waals surface area contributed by atoms with Gasteiger partial charge in [0, 0.05) is 36.6 Å². The van der Waals surface area contributed by atoms with E-state index in [1.807, 2.05) is 18.2 Å². The Morgan fingerprint density at radius 2 is 1.46 bits per heavy atom. The number of rotatable bonds is 4. The summed E-state index contributed by atoms with van der Waals surface area (Å²) < 4.78 is 7.22. The first kappa shape index (κ1) is 23.0. The topological polar surface area (TPSA) is 97.1 Å². The Morgan fingerprint density at radius 1 is 0.857 bits per heavy atom. The van der Waals surface area contributed by atoms with Crippen LogP contribution in [0.1, 0.15) is 22.1 Å². The average Bonchev–Trinajstić information content (AvgIpc) is 3.65. The molecule has 1 aliphatic rings. The van der Waals surface area contributed by atoms with Gasteiger partial charge in [0.15, 0.2) is 5.71 Å². The first-order chi connectivity index (χ1) is 17.0. The maximum Gasteiger partial charge on any atom is 0.230 e. The lowest BCUT2D eigenvalue weighted by molar-refractivity contribution is -0.108. The molecule has 0 bridgehead atoms. The van der Waals surface area contributed by atoms with Crippen LogP contribution in [0, 0.1) is 0 Å². The number of allylic oxidation sites excluding steroid dienone is 2.